The van der Waals surface area contributed by atoms with Gasteiger partial charge in [-0.2, -0.15) is 0 Å². The highest BCUT2D eigenvalue weighted by atomic mass is 14.9. The second-order valence-corrected chi connectivity index (χ2v) is 17.6. The molecule has 1 heterocycles. The van der Waals surface area contributed by atoms with Crippen molar-refractivity contribution >= 4 is 6.08 Å². The van der Waals surface area contributed by atoms with Crippen molar-refractivity contribution in [3.05, 3.63) is 150 Å². The zero-order valence-corrected chi connectivity index (χ0v) is 35.5. The van der Waals surface area contributed by atoms with E-state index in [-0.39, 0.29) is 10.8 Å². The molecule has 0 amide bonds. The molecule has 2 unspecified atom stereocenters. The van der Waals surface area contributed by atoms with E-state index < -0.39 is 0 Å². The summed E-state index contributed by atoms with van der Waals surface area (Å²) < 4.78 is 0. The lowest BCUT2D eigenvalue weighted by Gasteiger charge is -2.28. The van der Waals surface area contributed by atoms with E-state index in [1.807, 2.05) is 6.08 Å². The number of aromatic nitrogens is 2. The first-order chi connectivity index (χ1) is 28.4. The first-order valence-electron chi connectivity index (χ1n) is 22.5. The Labute approximate surface area is 348 Å². The molecule has 5 aromatic carbocycles. The van der Waals surface area contributed by atoms with E-state index in [4.69, 9.17) is 9.97 Å². The molecule has 58 heavy (non-hydrogen) atoms. The van der Waals surface area contributed by atoms with Gasteiger partial charge in [0.1, 0.15) is 0 Å². The highest BCUT2D eigenvalue weighted by molar-refractivity contribution is 5.86. The van der Waals surface area contributed by atoms with Crippen molar-refractivity contribution in [1.82, 2.24) is 9.97 Å². The van der Waals surface area contributed by atoms with Crippen molar-refractivity contribution < 1.29 is 0 Å². The highest BCUT2D eigenvalue weighted by Crippen LogP contribution is 2.54. The Bertz CT molecular complexity index is 2240. The molecule has 296 valence electrons. The Morgan fingerprint density at radius 2 is 0.862 bits per heavy atom. The van der Waals surface area contributed by atoms with Crippen molar-refractivity contribution in [3.63, 3.8) is 0 Å². The van der Waals surface area contributed by atoms with Crippen molar-refractivity contribution in [1.29, 1.82) is 0 Å². The van der Waals surface area contributed by atoms with E-state index in [9.17, 15) is 0 Å². The maximum Gasteiger partial charge on any atom is 0.160 e. The predicted octanol–water partition coefficient (Wildman–Crippen LogP) is 16.2. The number of benzene rings is 5. The number of nitrogens with zero attached hydrogens (tertiary/aromatic N) is 2. The van der Waals surface area contributed by atoms with Gasteiger partial charge < -0.3 is 0 Å². The molecule has 0 N–H and O–H groups in total. The topological polar surface area (TPSA) is 25.8 Å². The summed E-state index contributed by atoms with van der Waals surface area (Å²) in [5, 5.41) is 0. The molecule has 8 rings (SSSR count). The second-order valence-electron chi connectivity index (χ2n) is 17.6. The van der Waals surface area contributed by atoms with Crippen molar-refractivity contribution in [2.45, 2.75) is 128 Å². The standard InChI is InChI=1S/C56H62N2/c1-6-9-11-13-15-21-35-55(4)48-25-19-17-23-44(48)46-33-31-42(37-50(46)55)52-39-53(58-54(57-52)41-29-27-40(8-3)28-30-41)43-32-34-47-45-24-18-20-26-49(45)56(5,51(47)38-43)36-22-16-14-12-10-7-2/h8,17-20,23-34,37-39H,3,6-7,9-16,21-22,35-36H2,1-2,4-5H3. The van der Waals surface area contributed by atoms with Crippen LogP contribution in [0.5, 0.6) is 0 Å². The fourth-order valence-corrected chi connectivity index (χ4v) is 10.2. The van der Waals surface area contributed by atoms with Gasteiger partial charge in [-0.1, -0.05) is 214 Å². The Balaban J connectivity index is 1.20. The molecule has 0 saturated carbocycles. The van der Waals surface area contributed by atoms with Crippen LogP contribution in [-0.2, 0) is 10.8 Å². The molecule has 2 atom stereocenters. The Hall–Kier alpha value is -5.08. The molecule has 0 radical (unpaired) electrons. The summed E-state index contributed by atoms with van der Waals surface area (Å²) in [7, 11) is 0. The van der Waals surface area contributed by atoms with E-state index >= 15 is 0 Å². The lowest BCUT2D eigenvalue weighted by atomic mass is 9.75. The van der Waals surface area contributed by atoms with Gasteiger partial charge in [0.25, 0.3) is 0 Å². The van der Waals surface area contributed by atoms with Crippen LogP contribution in [0.3, 0.4) is 0 Å². The molecule has 2 aliphatic rings. The predicted molar refractivity (Wildman–Crippen MR) is 248 cm³/mol. The Morgan fingerprint density at radius 1 is 0.448 bits per heavy atom. The fourth-order valence-electron chi connectivity index (χ4n) is 10.2. The van der Waals surface area contributed by atoms with E-state index in [0.717, 1.165) is 52.3 Å². The third kappa shape index (κ3) is 7.63. The molecular formula is C56H62N2. The average molecular weight is 763 g/mol. The van der Waals surface area contributed by atoms with Crippen LogP contribution in [0.4, 0.5) is 0 Å². The van der Waals surface area contributed by atoms with Gasteiger partial charge in [-0.25, -0.2) is 9.97 Å². The van der Waals surface area contributed by atoms with Crippen LogP contribution < -0.4 is 0 Å². The smallest absolute Gasteiger partial charge is 0.160 e. The molecule has 0 aliphatic heterocycles. The summed E-state index contributed by atoms with van der Waals surface area (Å²) in [4.78, 5) is 10.7. The molecule has 1 aromatic heterocycles. The molecular weight excluding hydrogens is 701 g/mol. The van der Waals surface area contributed by atoms with Gasteiger partial charge in [-0.3, -0.25) is 0 Å². The fraction of sp³-hybridized carbons (Fsp3) is 0.357. The molecule has 0 spiro atoms. The summed E-state index contributed by atoms with van der Waals surface area (Å²) in [5.74, 6) is 0.750. The van der Waals surface area contributed by atoms with Crippen molar-refractivity contribution in [2.75, 3.05) is 0 Å². The maximum atomic E-state index is 5.35. The third-order valence-electron chi connectivity index (χ3n) is 13.6. The zero-order valence-electron chi connectivity index (χ0n) is 35.5. The minimum absolute atomic E-state index is 0.0403. The number of hydrogen-bond donors (Lipinski definition) is 0. The average Bonchev–Trinajstić information content (AvgIpc) is 3.67. The SMILES string of the molecule is C=Cc1ccc(-c2nc(-c3ccc4c(c3)C(C)(CCCCCCCC)c3ccccc3-4)cc(-c3ccc4c(c3)C(C)(CCCCCCCC)c3ccccc3-4)n2)cc1. The van der Waals surface area contributed by atoms with E-state index in [1.54, 1.807) is 0 Å². The van der Waals surface area contributed by atoms with Crippen molar-refractivity contribution in [3.8, 4) is 56.2 Å². The van der Waals surface area contributed by atoms with Gasteiger partial charge in [0.05, 0.1) is 11.4 Å². The van der Waals surface area contributed by atoms with Gasteiger partial charge in [-0.15, -0.1) is 0 Å². The van der Waals surface area contributed by atoms with Crippen LogP contribution in [-0.4, -0.2) is 9.97 Å². The quantitative estimate of drug-likeness (QED) is 0.0815. The summed E-state index contributed by atoms with van der Waals surface area (Å²) in [6.45, 7) is 13.5. The third-order valence-corrected chi connectivity index (χ3v) is 13.6. The Kier molecular flexibility index (Phi) is 11.9. The highest BCUT2D eigenvalue weighted by Gasteiger charge is 2.40. The minimum Gasteiger partial charge on any atom is -0.228 e. The van der Waals surface area contributed by atoms with Gasteiger partial charge in [0.2, 0.25) is 0 Å². The zero-order chi connectivity index (χ0) is 40.1. The first-order valence-corrected chi connectivity index (χ1v) is 22.5. The van der Waals surface area contributed by atoms with Gasteiger partial charge in [0, 0.05) is 27.5 Å². The van der Waals surface area contributed by atoms with E-state index in [0.29, 0.717) is 0 Å². The van der Waals surface area contributed by atoms with E-state index in [2.05, 4.69) is 150 Å². The molecule has 0 bridgehead atoms. The molecule has 2 heteroatoms. The summed E-state index contributed by atoms with van der Waals surface area (Å²) in [6, 6.07) is 43.2. The van der Waals surface area contributed by atoms with Crippen LogP contribution in [0.1, 0.15) is 145 Å². The molecule has 6 aromatic rings. The molecule has 2 nitrogen and oxygen atoms in total. The van der Waals surface area contributed by atoms with Crippen LogP contribution in [0.15, 0.2) is 122 Å². The normalized spacial score (nSPS) is 17.4. The lowest BCUT2D eigenvalue weighted by molar-refractivity contribution is 0.481. The number of unbranched alkanes of at least 4 members (excludes halogenated alkanes) is 10. The summed E-state index contributed by atoms with van der Waals surface area (Å²) in [5.41, 5.74) is 17.5. The molecule has 0 saturated heterocycles. The Morgan fingerprint density at radius 3 is 1.33 bits per heavy atom. The first kappa shape index (κ1) is 39.7. The van der Waals surface area contributed by atoms with E-state index in [1.165, 1.54) is 122 Å². The number of hydrogen-bond acceptors (Lipinski definition) is 2. The number of fused-ring (bicyclic) bond motifs is 6. The van der Waals surface area contributed by atoms with Crippen LogP contribution in [0.25, 0.3) is 62.2 Å². The summed E-state index contributed by atoms with van der Waals surface area (Å²) >= 11 is 0. The van der Waals surface area contributed by atoms with Crippen LogP contribution in [0, 0.1) is 0 Å². The van der Waals surface area contributed by atoms with Crippen LogP contribution in [0.2, 0.25) is 0 Å². The molecule has 0 fully saturated rings. The van der Waals surface area contributed by atoms with Crippen LogP contribution >= 0.6 is 0 Å². The lowest BCUT2D eigenvalue weighted by Crippen LogP contribution is -2.20. The van der Waals surface area contributed by atoms with Gasteiger partial charge >= 0.3 is 0 Å². The van der Waals surface area contributed by atoms with Crippen molar-refractivity contribution in [2.24, 2.45) is 0 Å². The second kappa shape index (κ2) is 17.4. The van der Waals surface area contributed by atoms with Gasteiger partial charge in [0.15, 0.2) is 5.82 Å². The van der Waals surface area contributed by atoms with Gasteiger partial charge in [-0.05, 0) is 81.1 Å². The minimum atomic E-state index is -0.0403. The largest absolute Gasteiger partial charge is 0.228 e. The summed E-state index contributed by atoms with van der Waals surface area (Å²) in [6.07, 6.45) is 19.8. The number of rotatable bonds is 18. The monoisotopic (exact) mass is 762 g/mol. The molecule has 2 aliphatic carbocycles. The maximum absolute atomic E-state index is 5.35.